The lowest BCUT2D eigenvalue weighted by Gasteiger charge is -2.31. The zero-order chi connectivity index (χ0) is 14.5. The Kier molecular flexibility index (Phi) is 4.62. The van der Waals surface area contributed by atoms with Crippen molar-refractivity contribution in [3.05, 3.63) is 71.8 Å². The summed E-state index contributed by atoms with van der Waals surface area (Å²) in [5.74, 6) is 0. The van der Waals surface area contributed by atoms with Crippen LogP contribution >= 0.6 is 0 Å². The van der Waals surface area contributed by atoms with E-state index in [2.05, 4.69) is 80.8 Å². The molecule has 0 amide bonds. The van der Waals surface area contributed by atoms with Gasteiger partial charge in [-0.05, 0) is 43.5 Å². The van der Waals surface area contributed by atoms with Crippen molar-refractivity contribution in [3.63, 3.8) is 0 Å². The number of rotatable bonds is 5. The van der Waals surface area contributed by atoms with Gasteiger partial charge in [-0.15, -0.1) is 0 Å². The zero-order valence-corrected chi connectivity index (χ0v) is 12.6. The number of hydrogen-bond acceptors (Lipinski definition) is 1. The highest BCUT2D eigenvalue weighted by atomic mass is 15.2. The van der Waals surface area contributed by atoms with Crippen molar-refractivity contribution in [3.8, 4) is 0 Å². The third kappa shape index (κ3) is 3.11. The van der Waals surface area contributed by atoms with Crippen molar-refractivity contribution in [1.82, 2.24) is 0 Å². The first-order valence-electron chi connectivity index (χ1n) is 7.16. The Bertz CT molecular complexity index is 584. The smallest absolute Gasteiger partial charge is 0.0444 e. The van der Waals surface area contributed by atoms with Crippen LogP contribution in [-0.4, -0.2) is 6.04 Å². The molecule has 0 aromatic heterocycles. The monoisotopic (exact) mass is 265 g/mol. The van der Waals surface area contributed by atoms with E-state index in [1.807, 2.05) is 6.08 Å². The number of para-hydroxylation sites is 1. The van der Waals surface area contributed by atoms with Crippen LogP contribution in [0.25, 0.3) is 6.08 Å². The normalized spacial score (nSPS) is 10.6. The predicted molar refractivity (Wildman–Crippen MR) is 89.0 cm³/mol. The van der Waals surface area contributed by atoms with Gasteiger partial charge in [0.2, 0.25) is 0 Å². The SMILES string of the molecule is C=Cc1ccccc1N(Cc1ccccc1C)C(C)C. The zero-order valence-electron chi connectivity index (χ0n) is 12.6. The van der Waals surface area contributed by atoms with Gasteiger partial charge < -0.3 is 4.90 Å². The fraction of sp³-hybridized carbons (Fsp3) is 0.263. The van der Waals surface area contributed by atoms with Gasteiger partial charge in [0.15, 0.2) is 0 Å². The van der Waals surface area contributed by atoms with E-state index in [0.29, 0.717) is 6.04 Å². The number of hydrogen-bond donors (Lipinski definition) is 0. The van der Waals surface area contributed by atoms with Crippen molar-refractivity contribution < 1.29 is 0 Å². The molecule has 0 atom stereocenters. The molecule has 0 N–H and O–H groups in total. The second-order valence-electron chi connectivity index (χ2n) is 5.41. The van der Waals surface area contributed by atoms with Crippen molar-refractivity contribution in [2.75, 3.05) is 4.90 Å². The molecule has 0 bridgehead atoms. The molecule has 0 fully saturated rings. The summed E-state index contributed by atoms with van der Waals surface area (Å²) in [6.07, 6.45) is 1.93. The topological polar surface area (TPSA) is 3.24 Å². The van der Waals surface area contributed by atoms with Crippen molar-refractivity contribution in [2.45, 2.75) is 33.4 Å². The molecule has 1 heteroatoms. The number of anilines is 1. The van der Waals surface area contributed by atoms with Crippen LogP contribution in [0.15, 0.2) is 55.1 Å². The highest BCUT2D eigenvalue weighted by molar-refractivity contribution is 5.67. The van der Waals surface area contributed by atoms with Gasteiger partial charge in [0.1, 0.15) is 0 Å². The van der Waals surface area contributed by atoms with Gasteiger partial charge in [-0.2, -0.15) is 0 Å². The van der Waals surface area contributed by atoms with Crippen LogP contribution in [0.5, 0.6) is 0 Å². The van der Waals surface area contributed by atoms with Crippen LogP contribution in [0, 0.1) is 6.92 Å². The van der Waals surface area contributed by atoms with Crippen molar-refractivity contribution >= 4 is 11.8 Å². The van der Waals surface area contributed by atoms with Crippen LogP contribution in [0.3, 0.4) is 0 Å². The van der Waals surface area contributed by atoms with Crippen molar-refractivity contribution in [1.29, 1.82) is 0 Å². The van der Waals surface area contributed by atoms with E-state index >= 15 is 0 Å². The van der Waals surface area contributed by atoms with Crippen LogP contribution in [0.4, 0.5) is 5.69 Å². The van der Waals surface area contributed by atoms with E-state index in [4.69, 9.17) is 0 Å². The van der Waals surface area contributed by atoms with Crippen LogP contribution in [0.1, 0.15) is 30.5 Å². The second kappa shape index (κ2) is 6.42. The third-order valence-corrected chi connectivity index (χ3v) is 3.69. The summed E-state index contributed by atoms with van der Waals surface area (Å²) < 4.78 is 0. The Balaban J connectivity index is 2.37. The Morgan fingerprint density at radius 2 is 1.70 bits per heavy atom. The molecule has 0 heterocycles. The highest BCUT2D eigenvalue weighted by Gasteiger charge is 2.14. The molecule has 2 rings (SSSR count). The summed E-state index contributed by atoms with van der Waals surface area (Å²) in [6, 6.07) is 17.5. The highest BCUT2D eigenvalue weighted by Crippen LogP contribution is 2.26. The molecule has 0 radical (unpaired) electrons. The van der Waals surface area contributed by atoms with Crippen molar-refractivity contribution in [2.24, 2.45) is 0 Å². The Hall–Kier alpha value is -2.02. The maximum absolute atomic E-state index is 3.93. The van der Waals surface area contributed by atoms with E-state index in [0.717, 1.165) is 6.54 Å². The van der Waals surface area contributed by atoms with E-state index in [1.54, 1.807) is 0 Å². The summed E-state index contributed by atoms with van der Waals surface area (Å²) >= 11 is 0. The molecule has 0 unspecified atom stereocenters. The second-order valence-corrected chi connectivity index (χ2v) is 5.41. The van der Waals surface area contributed by atoms with Gasteiger partial charge in [0.05, 0.1) is 0 Å². The molecule has 2 aromatic rings. The minimum absolute atomic E-state index is 0.440. The molecular weight excluding hydrogens is 242 g/mol. The van der Waals surface area contributed by atoms with Gasteiger partial charge in [0.25, 0.3) is 0 Å². The standard InChI is InChI=1S/C19H23N/c1-5-17-11-8-9-13-19(17)20(15(2)3)14-18-12-7-6-10-16(18)4/h5-13,15H,1,14H2,2-4H3. The molecule has 0 aliphatic rings. The lowest BCUT2D eigenvalue weighted by atomic mass is 10.1. The average Bonchev–Trinajstić information content (AvgIpc) is 2.46. The quantitative estimate of drug-likeness (QED) is 0.731. The van der Waals surface area contributed by atoms with Gasteiger partial charge >= 0.3 is 0 Å². The summed E-state index contributed by atoms with van der Waals surface area (Å²) in [5.41, 5.74) is 5.16. The number of benzene rings is 2. The molecule has 0 saturated carbocycles. The minimum Gasteiger partial charge on any atom is -0.364 e. The first-order chi connectivity index (χ1) is 9.63. The summed E-state index contributed by atoms with van der Waals surface area (Å²) in [6.45, 7) is 11.5. The molecular formula is C19H23N. The molecule has 0 spiro atoms. The average molecular weight is 265 g/mol. The predicted octanol–water partition coefficient (Wildman–Crippen LogP) is 5.05. The lowest BCUT2D eigenvalue weighted by molar-refractivity contribution is 0.680. The number of nitrogens with zero attached hydrogens (tertiary/aromatic N) is 1. The summed E-state index contributed by atoms with van der Waals surface area (Å²) in [4.78, 5) is 2.43. The number of aryl methyl sites for hydroxylation is 1. The maximum Gasteiger partial charge on any atom is 0.0444 e. The molecule has 0 aliphatic carbocycles. The maximum atomic E-state index is 3.93. The Morgan fingerprint density at radius 3 is 2.35 bits per heavy atom. The molecule has 104 valence electrons. The van der Waals surface area contributed by atoms with E-state index < -0.39 is 0 Å². The summed E-state index contributed by atoms with van der Waals surface area (Å²) in [5, 5.41) is 0. The van der Waals surface area contributed by atoms with Gasteiger partial charge in [0, 0.05) is 18.3 Å². The molecule has 2 aromatic carbocycles. The van der Waals surface area contributed by atoms with Crippen LogP contribution in [0.2, 0.25) is 0 Å². The molecule has 1 nitrogen and oxygen atoms in total. The van der Waals surface area contributed by atoms with E-state index in [9.17, 15) is 0 Å². The Labute approximate surface area is 122 Å². The minimum atomic E-state index is 0.440. The largest absolute Gasteiger partial charge is 0.364 e. The molecule has 0 aliphatic heterocycles. The molecule has 20 heavy (non-hydrogen) atoms. The van der Waals surface area contributed by atoms with Gasteiger partial charge in [-0.1, -0.05) is 55.1 Å². The fourth-order valence-electron chi connectivity index (χ4n) is 2.44. The first-order valence-corrected chi connectivity index (χ1v) is 7.16. The first kappa shape index (κ1) is 14.4. The van der Waals surface area contributed by atoms with E-state index in [-0.39, 0.29) is 0 Å². The van der Waals surface area contributed by atoms with E-state index in [1.165, 1.54) is 22.4 Å². The fourth-order valence-corrected chi connectivity index (χ4v) is 2.44. The summed E-state index contributed by atoms with van der Waals surface area (Å²) in [7, 11) is 0. The van der Waals surface area contributed by atoms with Crippen LogP contribution < -0.4 is 4.90 Å². The van der Waals surface area contributed by atoms with Gasteiger partial charge in [-0.3, -0.25) is 0 Å². The lowest BCUT2D eigenvalue weighted by Crippen LogP contribution is -2.31. The third-order valence-electron chi connectivity index (χ3n) is 3.69. The van der Waals surface area contributed by atoms with Crippen LogP contribution in [-0.2, 0) is 6.54 Å². The Morgan fingerprint density at radius 1 is 1.05 bits per heavy atom. The molecule has 0 saturated heterocycles. The van der Waals surface area contributed by atoms with Gasteiger partial charge in [-0.25, -0.2) is 0 Å².